The monoisotopic (exact) mass is 263 g/mol. The quantitative estimate of drug-likeness (QED) is 0.818. The Morgan fingerprint density at radius 1 is 1.37 bits per heavy atom. The van der Waals surface area contributed by atoms with Crippen molar-refractivity contribution in [3.05, 3.63) is 17.8 Å². The number of nitrogens with two attached hydrogens (primary N) is 1. The minimum atomic E-state index is -0.432. The number of methoxy groups -OCH3 is 1. The molecule has 2 rings (SSSR count). The van der Waals surface area contributed by atoms with E-state index >= 15 is 0 Å². The number of carbonyl (C=O) groups excluding carboxylic acids is 1. The molecule has 0 radical (unpaired) electrons. The molecule has 1 aliphatic rings. The van der Waals surface area contributed by atoms with E-state index in [1.54, 1.807) is 6.07 Å². The van der Waals surface area contributed by atoms with Crippen molar-refractivity contribution in [2.45, 2.75) is 33.7 Å². The molecule has 1 heterocycles. The maximum absolute atomic E-state index is 11.8. The number of nitrogens with zero attached hydrogens (tertiary/aromatic N) is 1. The van der Waals surface area contributed by atoms with E-state index in [1.165, 1.54) is 13.3 Å². The second-order valence-electron chi connectivity index (χ2n) is 6.18. The van der Waals surface area contributed by atoms with Crippen LogP contribution in [0.25, 0.3) is 0 Å². The lowest BCUT2D eigenvalue weighted by atomic mass is 10.0. The zero-order valence-electron chi connectivity index (χ0n) is 12.1. The van der Waals surface area contributed by atoms with E-state index < -0.39 is 5.97 Å². The summed E-state index contributed by atoms with van der Waals surface area (Å²) in [5.74, 6) is 0.100. The Kier molecular flexibility index (Phi) is 2.96. The molecule has 1 aromatic heterocycles. The van der Waals surface area contributed by atoms with E-state index in [1.807, 2.05) is 0 Å². The fraction of sp³-hybridized carbons (Fsp3) is 0.571. The zero-order chi connectivity index (χ0) is 14.4. The summed E-state index contributed by atoms with van der Waals surface area (Å²) in [5, 5.41) is 3.34. The van der Waals surface area contributed by atoms with Gasteiger partial charge in [-0.2, -0.15) is 0 Å². The van der Waals surface area contributed by atoms with Crippen molar-refractivity contribution in [2.24, 2.45) is 10.8 Å². The second-order valence-corrected chi connectivity index (χ2v) is 6.18. The molecular formula is C14H21N3O2. The van der Waals surface area contributed by atoms with Crippen LogP contribution in [0.2, 0.25) is 0 Å². The Labute approximate surface area is 113 Å². The van der Waals surface area contributed by atoms with Gasteiger partial charge in [0.15, 0.2) is 0 Å². The average molecular weight is 263 g/mol. The molecule has 19 heavy (non-hydrogen) atoms. The van der Waals surface area contributed by atoms with Gasteiger partial charge in [-0.1, -0.05) is 27.7 Å². The number of ether oxygens (including phenoxy) is 1. The van der Waals surface area contributed by atoms with Crippen LogP contribution in [0.1, 0.15) is 38.1 Å². The van der Waals surface area contributed by atoms with Gasteiger partial charge in [-0.15, -0.1) is 0 Å². The number of rotatable bonds is 3. The number of hydrogen-bond donors (Lipinski definition) is 2. The van der Waals surface area contributed by atoms with Crippen molar-refractivity contribution in [3.8, 4) is 0 Å². The third-order valence-corrected chi connectivity index (χ3v) is 4.62. The predicted octanol–water partition coefficient (Wildman–Crippen LogP) is 2.30. The van der Waals surface area contributed by atoms with Gasteiger partial charge in [0.25, 0.3) is 0 Å². The van der Waals surface area contributed by atoms with E-state index in [0.717, 1.165) is 0 Å². The molecule has 0 saturated heterocycles. The number of anilines is 2. The van der Waals surface area contributed by atoms with E-state index in [2.05, 4.69) is 38.0 Å². The van der Waals surface area contributed by atoms with E-state index in [4.69, 9.17) is 10.5 Å². The van der Waals surface area contributed by atoms with E-state index in [9.17, 15) is 4.79 Å². The smallest absolute Gasteiger partial charge is 0.341 e. The van der Waals surface area contributed by atoms with E-state index in [0.29, 0.717) is 17.1 Å². The summed E-state index contributed by atoms with van der Waals surface area (Å²) in [5.41, 5.74) is 6.81. The summed E-state index contributed by atoms with van der Waals surface area (Å²) in [4.78, 5) is 16.0. The molecule has 0 unspecified atom stereocenters. The van der Waals surface area contributed by atoms with Gasteiger partial charge in [-0.25, -0.2) is 9.78 Å². The molecule has 0 bridgehead atoms. The minimum absolute atomic E-state index is 0.156. The third-order valence-electron chi connectivity index (χ3n) is 4.62. The highest BCUT2D eigenvalue weighted by Gasteiger charge is 2.65. The lowest BCUT2D eigenvalue weighted by Gasteiger charge is -2.11. The summed E-state index contributed by atoms with van der Waals surface area (Å²) in [6, 6.07) is 1.85. The number of pyridine rings is 1. The van der Waals surface area contributed by atoms with Gasteiger partial charge in [0.1, 0.15) is 11.4 Å². The fourth-order valence-corrected chi connectivity index (χ4v) is 2.56. The largest absolute Gasteiger partial charge is 0.465 e. The lowest BCUT2D eigenvalue weighted by Crippen LogP contribution is -2.16. The topological polar surface area (TPSA) is 77.2 Å². The van der Waals surface area contributed by atoms with Crippen LogP contribution in [-0.2, 0) is 4.74 Å². The molecular weight excluding hydrogens is 242 g/mol. The van der Waals surface area contributed by atoms with Crippen LogP contribution in [-0.4, -0.2) is 24.1 Å². The lowest BCUT2D eigenvalue weighted by molar-refractivity contribution is 0.0601. The van der Waals surface area contributed by atoms with Gasteiger partial charge in [-0.3, -0.25) is 0 Å². The summed E-state index contributed by atoms with van der Waals surface area (Å²) < 4.78 is 4.76. The van der Waals surface area contributed by atoms with Gasteiger partial charge in [0.05, 0.1) is 19.0 Å². The van der Waals surface area contributed by atoms with Crippen molar-refractivity contribution in [2.75, 3.05) is 18.2 Å². The standard InChI is InChI=1S/C14H21N3O2/c1-13(2)12(14(13,3)4)17-10-9(11(18)19-5)6-8(15)7-16-10/h6-7,12H,15H2,1-5H3,(H,16,17). The van der Waals surface area contributed by atoms with Crippen LogP contribution in [0.3, 0.4) is 0 Å². The molecule has 0 aromatic carbocycles. The highest BCUT2D eigenvalue weighted by atomic mass is 16.5. The predicted molar refractivity (Wildman–Crippen MR) is 75.0 cm³/mol. The van der Waals surface area contributed by atoms with Crippen LogP contribution in [0.5, 0.6) is 0 Å². The van der Waals surface area contributed by atoms with Crippen LogP contribution in [0, 0.1) is 10.8 Å². The Hall–Kier alpha value is -1.78. The third kappa shape index (κ3) is 2.03. The Bertz CT molecular complexity index is 509. The summed E-state index contributed by atoms with van der Waals surface area (Å²) >= 11 is 0. The molecule has 1 fully saturated rings. The Morgan fingerprint density at radius 2 is 1.95 bits per heavy atom. The van der Waals surface area contributed by atoms with Crippen LogP contribution < -0.4 is 11.1 Å². The molecule has 0 aliphatic heterocycles. The highest BCUT2D eigenvalue weighted by Crippen LogP contribution is 2.63. The first kappa shape index (κ1) is 13.6. The first-order valence-electron chi connectivity index (χ1n) is 6.32. The van der Waals surface area contributed by atoms with Crippen molar-refractivity contribution in [3.63, 3.8) is 0 Å². The number of hydrogen-bond acceptors (Lipinski definition) is 5. The molecule has 1 aromatic rings. The maximum atomic E-state index is 11.8. The van der Waals surface area contributed by atoms with Gasteiger partial charge in [-0.05, 0) is 16.9 Å². The summed E-state index contributed by atoms with van der Waals surface area (Å²) in [6.07, 6.45) is 1.54. The summed E-state index contributed by atoms with van der Waals surface area (Å²) in [7, 11) is 1.35. The number of nitrogen functional groups attached to an aromatic ring is 1. The van der Waals surface area contributed by atoms with Gasteiger partial charge >= 0.3 is 5.97 Å². The molecule has 5 heteroatoms. The normalized spacial score (nSPS) is 19.8. The van der Waals surface area contributed by atoms with E-state index in [-0.39, 0.29) is 16.9 Å². The SMILES string of the molecule is COC(=O)c1cc(N)cnc1NC1C(C)(C)C1(C)C. The van der Waals surface area contributed by atoms with Crippen LogP contribution in [0.4, 0.5) is 11.5 Å². The maximum Gasteiger partial charge on any atom is 0.341 e. The van der Waals surface area contributed by atoms with Gasteiger partial charge < -0.3 is 15.8 Å². The fourth-order valence-electron chi connectivity index (χ4n) is 2.56. The second kappa shape index (κ2) is 4.11. The number of carbonyl (C=O) groups is 1. The first-order valence-corrected chi connectivity index (χ1v) is 6.32. The highest BCUT2D eigenvalue weighted by molar-refractivity contribution is 5.95. The number of esters is 1. The molecule has 1 saturated carbocycles. The molecule has 0 spiro atoms. The van der Waals surface area contributed by atoms with Crippen molar-refractivity contribution < 1.29 is 9.53 Å². The van der Waals surface area contributed by atoms with Crippen LogP contribution in [0.15, 0.2) is 12.3 Å². The molecule has 0 atom stereocenters. The van der Waals surface area contributed by atoms with Gasteiger partial charge in [0.2, 0.25) is 0 Å². The van der Waals surface area contributed by atoms with Crippen molar-refractivity contribution in [1.29, 1.82) is 0 Å². The molecule has 104 valence electrons. The molecule has 5 nitrogen and oxygen atoms in total. The Balaban J connectivity index is 2.30. The Morgan fingerprint density at radius 3 is 2.42 bits per heavy atom. The van der Waals surface area contributed by atoms with Gasteiger partial charge in [0, 0.05) is 6.04 Å². The zero-order valence-corrected chi connectivity index (χ0v) is 12.1. The van der Waals surface area contributed by atoms with Crippen LogP contribution >= 0.6 is 0 Å². The summed E-state index contributed by atoms with van der Waals surface area (Å²) in [6.45, 7) is 8.78. The molecule has 0 amide bonds. The number of aromatic nitrogens is 1. The average Bonchev–Trinajstić information content (AvgIpc) is 2.72. The van der Waals surface area contributed by atoms with Crippen molar-refractivity contribution in [1.82, 2.24) is 4.98 Å². The minimum Gasteiger partial charge on any atom is -0.465 e. The first-order chi connectivity index (χ1) is 8.71. The molecule has 3 N–H and O–H groups in total. The molecule has 1 aliphatic carbocycles. The van der Waals surface area contributed by atoms with Crippen molar-refractivity contribution >= 4 is 17.5 Å². The number of nitrogens with one attached hydrogen (secondary N) is 1.